The molecule has 1 aromatic carbocycles. The Morgan fingerprint density at radius 1 is 1.20 bits per heavy atom. The Morgan fingerprint density at radius 3 is 2.80 bits per heavy atom. The van der Waals surface area contributed by atoms with E-state index in [1.54, 1.807) is 11.3 Å². The quantitative estimate of drug-likeness (QED) is 0.734. The molecular formula is C12H13NS2. The zero-order valence-corrected chi connectivity index (χ0v) is 10.1. The highest BCUT2D eigenvalue weighted by molar-refractivity contribution is 7.98. The molecule has 0 unspecified atom stereocenters. The number of benzene rings is 1. The van der Waals surface area contributed by atoms with Crippen molar-refractivity contribution in [2.45, 2.75) is 12.2 Å². The monoisotopic (exact) mass is 235 g/mol. The van der Waals surface area contributed by atoms with Gasteiger partial charge in [-0.1, -0.05) is 30.3 Å². The van der Waals surface area contributed by atoms with Crippen molar-refractivity contribution in [3.05, 3.63) is 52.5 Å². The molecule has 0 aliphatic rings. The van der Waals surface area contributed by atoms with E-state index in [1.807, 2.05) is 23.3 Å². The van der Waals surface area contributed by atoms with Gasteiger partial charge in [0.1, 0.15) is 5.01 Å². The fraction of sp³-hybridized carbons (Fsp3) is 0.250. The second-order valence-electron chi connectivity index (χ2n) is 3.21. The van der Waals surface area contributed by atoms with Crippen LogP contribution in [-0.2, 0) is 12.2 Å². The van der Waals surface area contributed by atoms with Crippen LogP contribution in [-0.4, -0.2) is 10.7 Å². The third-order valence-corrected chi connectivity index (χ3v) is 4.02. The van der Waals surface area contributed by atoms with Crippen LogP contribution in [0, 0.1) is 0 Å². The summed E-state index contributed by atoms with van der Waals surface area (Å²) in [6.45, 7) is 0. The van der Waals surface area contributed by atoms with Gasteiger partial charge < -0.3 is 0 Å². The van der Waals surface area contributed by atoms with Crippen molar-refractivity contribution in [1.29, 1.82) is 0 Å². The van der Waals surface area contributed by atoms with Crippen LogP contribution < -0.4 is 0 Å². The molecule has 1 aromatic heterocycles. The van der Waals surface area contributed by atoms with Crippen LogP contribution in [0.3, 0.4) is 0 Å². The lowest BCUT2D eigenvalue weighted by Gasteiger charge is -1.99. The first-order valence-corrected chi connectivity index (χ1v) is 6.98. The summed E-state index contributed by atoms with van der Waals surface area (Å²) in [6, 6.07) is 10.6. The minimum atomic E-state index is 1.05. The molecule has 0 fully saturated rings. The molecule has 0 amide bonds. The van der Waals surface area contributed by atoms with Gasteiger partial charge in [0, 0.05) is 17.3 Å². The van der Waals surface area contributed by atoms with Crippen LogP contribution in [0.5, 0.6) is 0 Å². The topological polar surface area (TPSA) is 12.9 Å². The predicted molar refractivity (Wildman–Crippen MR) is 68.4 cm³/mol. The number of thiazole rings is 1. The molecule has 0 atom stereocenters. The first-order valence-electron chi connectivity index (χ1n) is 4.95. The maximum Gasteiger partial charge on any atom is 0.102 e. The Labute approximate surface area is 98.6 Å². The summed E-state index contributed by atoms with van der Waals surface area (Å²) in [5.41, 5.74) is 1.42. The third kappa shape index (κ3) is 3.68. The van der Waals surface area contributed by atoms with Crippen LogP contribution in [0.4, 0.5) is 0 Å². The van der Waals surface area contributed by atoms with E-state index in [2.05, 4.69) is 35.3 Å². The van der Waals surface area contributed by atoms with Crippen molar-refractivity contribution in [1.82, 2.24) is 4.98 Å². The molecule has 15 heavy (non-hydrogen) atoms. The number of nitrogens with zero attached hydrogens (tertiary/aromatic N) is 1. The Balaban J connectivity index is 1.68. The Morgan fingerprint density at radius 2 is 2.07 bits per heavy atom. The molecule has 3 heteroatoms. The number of hydrogen-bond donors (Lipinski definition) is 0. The molecule has 0 aliphatic carbocycles. The van der Waals surface area contributed by atoms with Crippen molar-refractivity contribution in [3.8, 4) is 0 Å². The summed E-state index contributed by atoms with van der Waals surface area (Å²) >= 11 is 3.69. The molecule has 2 aromatic rings. The highest BCUT2D eigenvalue weighted by Crippen LogP contribution is 2.15. The molecule has 1 nitrogen and oxygen atoms in total. The number of aryl methyl sites for hydroxylation is 1. The fourth-order valence-corrected chi connectivity index (χ4v) is 3.01. The van der Waals surface area contributed by atoms with E-state index in [0.717, 1.165) is 12.2 Å². The summed E-state index contributed by atoms with van der Waals surface area (Å²) in [5.74, 6) is 2.22. The van der Waals surface area contributed by atoms with Crippen molar-refractivity contribution in [3.63, 3.8) is 0 Å². The van der Waals surface area contributed by atoms with Gasteiger partial charge >= 0.3 is 0 Å². The van der Waals surface area contributed by atoms with E-state index in [4.69, 9.17) is 0 Å². The van der Waals surface area contributed by atoms with Crippen LogP contribution in [0.15, 0.2) is 41.9 Å². The van der Waals surface area contributed by atoms with Crippen molar-refractivity contribution in [2.24, 2.45) is 0 Å². The molecule has 1 heterocycles. The smallest absolute Gasteiger partial charge is 0.102 e. The first kappa shape index (κ1) is 10.7. The minimum Gasteiger partial charge on any atom is -0.249 e. The minimum absolute atomic E-state index is 1.05. The zero-order chi connectivity index (χ0) is 10.3. The number of thioether (sulfide) groups is 1. The SMILES string of the molecule is c1ccc(CCSCc2nccs2)cc1. The number of hydrogen-bond acceptors (Lipinski definition) is 3. The summed E-state index contributed by atoms with van der Waals surface area (Å²) < 4.78 is 0. The Hall–Kier alpha value is -0.800. The highest BCUT2D eigenvalue weighted by Gasteiger charge is 1.96. The molecule has 78 valence electrons. The van der Waals surface area contributed by atoms with Crippen LogP contribution in [0.1, 0.15) is 10.6 Å². The second kappa shape index (κ2) is 5.93. The summed E-state index contributed by atoms with van der Waals surface area (Å²) in [7, 11) is 0. The van der Waals surface area contributed by atoms with E-state index >= 15 is 0 Å². The summed E-state index contributed by atoms with van der Waals surface area (Å²) in [6.07, 6.45) is 3.02. The molecule has 0 aliphatic heterocycles. The lowest BCUT2D eigenvalue weighted by atomic mass is 10.2. The van der Waals surface area contributed by atoms with Gasteiger partial charge in [0.2, 0.25) is 0 Å². The Kier molecular flexibility index (Phi) is 4.23. The number of rotatable bonds is 5. The summed E-state index contributed by atoms with van der Waals surface area (Å²) in [4.78, 5) is 4.26. The van der Waals surface area contributed by atoms with Gasteiger partial charge in [-0.3, -0.25) is 0 Å². The lowest BCUT2D eigenvalue weighted by molar-refractivity contribution is 1.15. The first-order chi connectivity index (χ1) is 7.45. The van der Waals surface area contributed by atoms with Crippen LogP contribution in [0.25, 0.3) is 0 Å². The van der Waals surface area contributed by atoms with E-state index < -0.39 is 0 Å². The van der Waals surface area contributed by atoms with E-state index in [0.29, 0.717) is 0 Å². The predicted octanol–water partition coefficient (Wildman–Crippen LogP) is 3.62. The standard InChI is InChI=1S/C12H13NS2/c1-2-4-11(5-3-1)6-8-14-10-12-13-7-9-15-12/h1-5,7,9H,6,8,10H2. The van der Waals surface area contributed by atoms with Gasteiger partial charge in [0.05, 0.1) is 0 Å². The second-order valence-corrected chi connectivity index (χ2v) is 5.30. The van der Waals surface area contributed by atoms with Crippen LogP contribution in [0.2, 0.25) is 0 Å². The third-order valence-electron chi connectivity index (χ3n) is 2.09. The van der Waals surface area contributed by atoms with Crippen molar-refractivity contribution in [2.75, 3.05) is 5.75 Å². The van der Waals surface area contributed by atoms with Gasteiger partial charge in [-0.15, -0.1) is 11.3 Å². The van der Waals surface area contributed by atoms with Gasteiger partial charge in [-0.25, -0.2) is 4.98 Å². The molecule has 0 bridgehead atoms. The highest BCUT2D eigenvalue weighted by atomic mass is 32.2. The lowest BCUT2D eigenvalue weighted by Crippen LogP contribution is -1.88. The average molecular weight is 235 g/mol. The van der Waals surface area contributed by atoms with Gasteiger partial charge in [-0.05, 0) is 17.7 Å². The molecular weight excluding hydrogens is 222 g/mol. The number of aromatic nitrogens is 1. The fourth-order valence-electron chi connectivity index (χ4n) is 1.32. The van der Waals surface area contributed by atoms with E-state index in [1.165, 1.54) is 16.3 Å². The van der Waals surface area contributed by atoms with Crippen molar-refractivity contribution >= 4 is 23.1 Å². The maximum absolute atomic E-state index is 4.26. The van der Waals surface area contributed by atoms with Crippen LogP contribution >= 0.6 is 23.1 Å². The average Bonchev–Trinajstić information content (AvgIpc) is 2.79. The molecule has 0 spiro atoms. The van der Waals surface area contributed by atoms with Gasteiger partial charge in [-0.2, -0.15) is 11.8 Å². The largest absolute Gasteiger partial charge is 0.249 e. The molecule has 0 saturated heterocycles. The Bertz CT molecular complexity index is 370. The van der Waals surface area contributed by atoms with Crippen molar-refractivity contribution < 1.29 is 0 Å². The molecule has 0 saturated carbocycles. The summed E-state index contributed by atoms with van der Waals surface area (Å²) in [5, 5.41) is 3.26. The normalized spacial score (nSPS) is 10.4. The van der Waals surface area contributed by atoms with Gasteiger partial charge in [0.15, 0.2) is 0 Å². The van der Waals surface area contributed by atoms with Gasteiger partial charge in [0.25, 0.3) is 0 Å². The molecule has 0 radical (unpaired) electrons. The van der Waals surface area contributed by atoms with E-state index in [9.17, 15) is 0 Å². The molecule has 0 N–H and O–H groups in total. The van der Waals surface area contributed by atoms with E-state index in [-0.39, 0.29) is 0 Å². The zero-order valence-electron chi connectivity index (χ0n) is 8.43. The molecule has 2 rings (SSSR count). The maximum atomic E-state index is 4.26.